The third-order valence-electron chi connectivity index (χ3n) is 5.20. The molecule has 0 fully saturated rings. The number of nitrogens with zero attached hydrogens (tertiary/aromatic N) is 2. The zero-order chi connectivity index (χ0) is 18.2. The van der Waals surface area contributed by atoms with Gasteiger partial charge in [0.25, 0.3) is 0 Å². The van der Waals surface area contributed by atoms with E-state index in [2.05, 4.69) is 51.3 Å². The van der Waals surface area contributed by atoms with Crippen molar-refractivity contribution in [3.8, 4) is 0 Å². The summed E-state index contributed by atoms with van der Waals surface area (Å²) in [6.07, 6.45) is 8.19. The van der Waals surface area contributed by atoms with Crippen molar-refractivity contribution >= 4 is 21.4 Å². The maximum atomic E-state index is 2.70. The van der Waals surface area contributed by atoms with E-state index < -0.39 is 21.4 Å². The summed E-state index contributed by atoms with van der Waals surface area (Å²) in [6, 6.07) is 0. The van der Waals surface area contributed by atoms with Crippen LogP contribution in [0.4, 0.5) is 0 Å². The van der Waals surface area contributed by atoms with E-state index in [0.717, 1.165) is 3.67 Å². The molecule has 0 aromatic carbocycles. The normalized spacial score (nSPS) is 11.9. The minimum atomic E-state index is -1.31. The molecule has 0 unspecified atom stereocenters. The van der Waals surface area contributed by atoms with Gasteiger partial charge in [0.2, 0.25) is 0 Å². The predicted molar refractivity (Wildman–Crippen MR) is 114 cm³/mol. The molecule has 0 aromatic rings. The van der Waals surface area contributed by atoms with Crippen LogP contribution >= 0.6 is 0 Å². The molecular weight excluding hydrogens is 395 g/mol. The molecule has 0 saturated carbocycles. The molecule has 0 atom stereocenters. The topological polar surface area (TPSA) is 6.48 Å². The predicted octanol–water partition coefficient (Wildman–Crippen LogP) is 5.92. The quantitative estimate of drug-likeness (QED) is 0.276. The molecular formula is C21H47InN2. The summed E-state index contributed by atoms with van der Waals surface area (Å²) in [7, 11) is 0. The Labute approximate surface area is 162 Å². The van der Waals surface area contributed by atoms with Crippen LogP contribution in [-0.4, -0.2) is 70.5 Å². The summed E-state index contributed by atoms with van der Waals surface area (Å²) in [6.45, 7) is 22.2. The Morgan fingerprint density at radius 2 is 0.917 bits per heavy atom. The molecule has 0 aromatic heterocycles. The molecule has 0 aliphatic heterocycles. The van der Waals surface area contributed by atoms with Crippen LogP contribution < -0.4 is 0 Å². The van der Waals surface area contributed by atoms with E-state index in [-0.39, 0.29) is 0 Å². The van der Waals surface area contributed by atoms with Crippen LogP contribution in [0.1, 0.15) is 80.1 Å². The molecule has 0 bridgehead atoms. The van der Waals surface area contributed by atoms with Gasteiger partial charge in [-0.15, -0.1) is 0 Å². The van der Waals surface area contributed by atoms with E-state index in [1.54, 1.807) is 8.35 Å². The van der Waals surface area contributed by atoms with Crippen molar-refractivity contribution in [1.29, 1.82) is 0 Å². The van der Waals surface area contributed by atoms with Crippen molar-refractivity contribution < 1.29 is 0 Å². The van der Waals surface area contributed by atoms with E-state index in [4.69, 9.17) is 0 Å². The van der Waals surface area contributed by atoms with Crippen LogP contribution in [-0.2, 0) is 0 Å². The van der Waals surface area contributed by atoms with Gasteiger partial charge in [-0.3, -0.25) is 0 Å². The molecule has 0 heterocycles. The molecule has 0 spiro atoms. The van der Waals surface area contributed by atoms with Crippen molar-refractivity contribution in [1.82, 2.24) is 9.80 Å². The van der Waals surface area contributed by atoms with Gasteiger partial charge in [0.1, 0.15) is 0 Å². The van der Waals surface area contributed by atoms with Gasteiger partial charge in [-0.1, -0.05) is 0 Å². The molecule has 0 aliphatic carbocycles. The van der Waals surface area contributed by atoms with Crippen molar-refractivity contribution in [3.05, 3.63) is 0 Å². The Hall–Kier alpha value is 0.790. The Balaban J connectivity index is 4.11. The van der Waals surface area contributed by atoms with Gasteiger partial charge in [-0.25, -0.2) is 0 Å². The zero-order valence-corrected chi connectivity index (χ0v) is 21.2. The number of rotatable bonds is 17. The molecule has 3 heteroatoms. The van der Waals surface area contributed by atoms with Gasteiger partial charge in [0.15, 0.2) is 0 Å². The molecule has 144 valence electrons. The van der Waals surface area contributed by atoms with Gasteiger partial charge < -0.3 is 0 Å². The summed E-state index contributed by atoms with van der Waals surface area (Å²) in [4.78, 5) is 5.40. The fraction of sp³-hybridized carbons (Fsp3) is 1.00. The third-order valence-corrected chi connectivity index (χ3v) is 17.1. The van der Waals surface area contributed by atoms with Crippen LogP contribution in [0.15, 0.2) is 0 Å². The number of hydrogen-bond donors (Lipinski definition) is 0. The van der Waals surface area contributed by atoms with Crippen molar-refractivity contribution in [3.63, 3.8) is 0 Å². The first-order valence-electron chi connectivity index (χ1n) is 11.0. The monoisotopic (exact) mass is 442 g/mol. The second kappa shape index (κ2) is 17.2. The standard InChI is InChI=1S/2C9H20N.C3H7.In/c2*1-4-7-10(8-5-2)9-6-3;1-3-2;/h2*1,4-9H2,2-3H3;3H,1-2H3;. The minimum absolute atomic E-state index is 1.04. The van der Waals surface area contributed by atoms with Crippen LogP contribution in [0.5, 0.6) is 0 Å². The average molecular weight is 442 g/mol. The summed E-state index contributed by atoms with van der Waals surface area (Å²) in [5.74, 6) is 0. The Bertz CT molecular complexity index is 224. The molecule has 0 N–H and O–H groups in total. The SMILES string of the molecule is CCCN(CCC)CC[CH2][In]([CH2]CCN(CCC)CCC)[CH](C)C. The first-order valence-corrected chi connectivity index (χ1v) is 17.6. The molecule has 0 aliphatic rings. The maximum absolute atomic E-state index is 2.70. The van der Waals surface area contributed by atoms with Gasteiger partial charge in [-0.05, 0) is 0 Å². The van der Waals surface area contributed by atoms with Gasteiger partial charge in [0, 0.05) is 0 Å². The van der Waals surface area contributed by atoms with Gasteiger partial charge in [-0.2, -0.15) is 0 Å². The van der Waals surface area contributed by atoms with Crippen LogP contribution in [0, 0.1) is 0 Å². The molecule has 0 amide bonds. The van der Waals surface area contributed by atoms with E-state index in [0.29, 0.717) is 0 Å². The number of hydrogen-bond acceptors (Lipinski definition) is 2. The molecule has 24 heavy (non-hydrogen) atoms. The molecule has 0 saturated heterocycles. The summed E-state index contributed by atoms with van der Waals surface area (Å²) in [5, 5.41) is 0. The van der Waals surface area contributed by atoms with Crippen LogP contribution in [0.2, 0.25) is 12.0 Å². The summed E-state index contributed by atoms with van der Waals surface area (Å²) in [5.41, 5.74) is 0. The van der Waals surface area contributed by atoms with E-state index >= 15 is 0 Å². The molecule has 0 rings (SSSR count). The second-order valence-electron chi connectivity index (χ2n) is 7.97. The van der Waals surface area contributed by atoms with Crippen molar-refractivity contribution in [2.75, 3.05) is 39.3 Å². The van der Waals surface area contributed by atoms with Crippen LogP contribution in [0.25, 0.3) is 0 Å². The Morgan fingerprint density at radius 3 is 1.17 bits per heavy atom. The zero-order valence-electron chi connectivity index (χ0n) is 17.9. The van der Waals surface area contributed by atoms with Gasteiger partial charge in [0.05, 0.1) is 0 Å². The van der Waals surface area contributed by atoms with E-state index in [9.17, 15) is 0 Å². The van der Waals surface area contributed by atoms with Gasteiger partial charge >= 0.3 is 163 Å². The first-order chi connectivity index (χ1) is 11.6. The van der Waals surface area contributed by atoms with Crippen LogP contribution in [0.3, 0.4) is 0 Å². The molecule has 2 nitrogen and oxygen atoms in total. The average Bonchev–Trinajstić information content (AvgIpc) is 2.54. The van der Waals surface area contributed by atoms with Crippen molar-refractivity contribution in [2.24, 2.45) is 0 Å². The first kappa shape index (κ1) is 24.8. The van der Waals surface area contributed by atoms with Crippen molar-refractivity contribution in [2.45, 2.75) is 92.1 Å². The van der Waals surface area contributed by atoms with E-state index in [1.807, 2.05) is 0 Å². The Kier molecular flexibility index (Phi) is 17.8. The fourth-order valence-corrected chi connectivity index (χ4v) is 12.6. The summed E-state index contributed by atoms with van der Waals surface area (Å²) >= 11 is -1.31. The molecule has 0 radical (unpaired) electrons. The second-order valence-corrected chi connectivity index (χ2v) is 19.4. The Morgan fingerprint density at radius 1 is 0.583 bits per heavy atom. The summed E-state index contributed by atoms with van der Waals surface area (Å²) < 4.78 is 4.30. The van der Waals surface area contributed by atoms with E-state index in [1.165, 1.54) is 77.8 Å². The fourth-order valence-electron chi connectivity index (χ4n) is 3.90. The third kappa shape index (κ3) is 13.1.